The summed E-state index contributed by atoms with van der Waals surface area (Å²) in [6.07, 6.45) is 1.37. The van der Waals surface area contributed by atoms with Crippen molar-refractivity contribution in [1.82, 2.24) is 19.5 Å². The van der Waals surface area contributed by atoms with Crippen LogP contribution in [0.3, 0.4) is 0 Å². The van der Waals surface area contributed by atoms with Gasteiger partial charge in [-0.2, -0.15) is 0 Å². The zero-order valence-electron chi connectivity index (χ0n) is 13.3. The molecule has 2 aliphatic rings. The molecule has 2 aromatic heterocycles. The molecule has 24 heavy (non-hydrogen) atoms. The van der Waals surface area contributed by atoms with Crippen molar-refractivity contribution >= 4 is 28.7 Å². The highest BCUT2D eigenvalue weighted by molar-refractivity contribution is 7.99. The summed E-state index contributed by atoms with van der Waals surface area (Å²) < 4.78 is 1.78. The van der Waals surface area contributed by atoms with Crippen LogP contribution >= 0.6 is 11.8 Å². The van der Waals surface area contributed by atoms with Gasteiger partial charge in [-0.1, -0.05) is 18.7 Å². The normalized spacial score (nSPS) is 34.7. The number of aromatic nitrogens is 4. The number of rotatable bonds is 5. The topological polar surface area (TPSA) is 130 Å². The molecule has 0 amide bonds. The lowest BCUT2D eigenvalue weighted by atomic mass is 10.0. The first-order valence-corrected chi connectivity index (χ1v) is 9.12. The summed E-state index contributed by atoms with van der Waals surface area (Å²) in [5.74, 6) is 1.21. The van der Waals surface area contributed by atoms with E-state index in [2.05, 4.69) is 21.9 Å². The van der Waals surface area contributed by atoms with Gasteiger partial charge in [-0.3, -0.25) is 0 Å². The van der Waals surface area contributed by atoms with E-state index in [-0.39, 0.29) is 18.6 Å². The van der Waals surface area contributed by atoms with E-state index in [1.54, 1.807) is 10.9 Å². The molecule has 4 rings (SSSR count). The Labute approximate surface area is 143 Å². The minimum atomic E-state index is -0.962. The van der Waals surface area contributed by atoms with Gasteiger partial charge in [0, 0.05) is 11.2 Å². The number of aliphatic hydroxyl groups is 3. The molecular weight excluding hydrogens is 330 g/mol. The van der Waals surface area contributed by atoms with Crippen LogP contribution in [0, 0.1) is 11.3 Å². The monoisotopic (exact) mass is 351 g/mol. The SMILES string of the molecule is CCCSc1nc(N)c2ncn([C@H]3C(O)C(O)[C@]4(CO)C[C@H]34)c2n1. The molecular formula is C15H21N5O3S. The molecule has 0 aliphatic heterocycles. The lowest BCUT2D eigenvalue weighted by Gasteiger charge is -2.23. The fraction of sp³-hybridized carbons (Fsp3) is 0.667. The Bertz CT molecular complexity index is 784. The predicted molar refractivity (Wildman–Crippen MR) is 89.4 cm³/mol. The standard InChI is InChI=1S/C15H21N5O3S/c1-2-3-24-14-18-12(16)8-13(19-14)20(6-17-8)9-7-4-15(7,5-21)11(23)10(9)22/h6-7,9-11,21-23H,2-5H2,1H3,(H2,16,18,19)/t7-,9-,10?,11?,15+/m1/s1. The van der Waals surface area contributed by atoms with Crippen LogP contribution in [0.15, 0.2) is 11.5 Å². The number of nitrogens with two attached hydrogens (primary N) is 1. The molecule has 0 saturated heterocycles. The van der Waals surface area contributed by atoms with Crippen molar-refractivity contribution in [3.8, 4) is 0 Å². The van der Waals surface area contributed by atoms with Gasteiger partial charge >= 0.3 is 0 Å². The van der Waals surface area contributed by atoms with Crippen molar-refractivity contribution in [3.63, 3.8) is 0 Å². The second-order valence-electron chi connectivity index (χ2n) is 6.69. The first-order valence-electron chi connectivity index (χ1n) is 8.13. The zero-order valence-corrected chi connectivity index (χ0v) is 14.1. The van der Waals surface area contributed by atoms with E-state index in [0.717, 1.165) is 12.2 Å². The molecule has 0 spiro atoms. The van der Waals surface area contributed by atoms with E-state index in [4.69, 9.17) is 5.73 Å². The molecule has 5 atom stereocenters. The quantitative estimate of drug-likeness (QED) is 0.443. The Morgan fingerprint density at radius 1 is 1.42 bits per heavy atom. The molecule has 130 valence electrons. The van der Waals surface area contributed by atoms with Gasteiger partial charge in [-0.15, -0.1) is 0 Å². The maximum atomic E-state index is 10.5. The molecule has 0 aromatic carbocycles. The first kappa shape index (κ1) is 16.1. The van der Waals surface area contributed by atoms with Crippen LogP contribution in [-0.4, -0.2) is 59.4 Å². The summed E-state index contributed by atoms with van der Waals surface area (Å²) in [6, 6.07) is -0.365. The zero-order chi connectivity index (χ0) is 17.1. The molecule has 0 radical (unpaired) electrons. The van der Waals surface area contributed by atoms with Crippen molar-refractivity contribution in [3.05, 3.63) is 6.33 Å². The van der Waals surface area contributed by atoms with Gasteiger partial charge in [0.25, 0.3) is 0 Å². The molecule has 2 unspecified atom stereocenters. The second-order valence-corrected chi connectivity index (χ2v) is 7.75. The molecule has 5 N–H and O–H groups in total. The molecule has 9 heteroatoms. The second kappa shape index (κ2) is 5.55. The number of hydrogen-bond acceptors (Lipinski definition) is 8. The number of imidazole rings is 1. The smallest absolute Gasteiger partial charge is 0.191 e. The number of aliphatic hydroxyl groups excluding tert-OH is 3. The largest absolute Gasteiger partial charge is 0.396 e. The van der Waals surface area contributed by atoms with E-state index < -0.39 is 17.6 Å². The summed E-state index contributed by atoms with van der Waals surface area (Å²) in [7, 11) is 0. The highest BCUT2D eigenvalue weighted by atomic mass is 32.2. The minimum absolute atomic E-state index is 0.00725. The number of thioether (sulfide) groups is 1. The maximum Gasteiger partial charge on any atom is 0.191 e. The van der Waals surface area contributed by atoms with E-state index in [1.165, 1.54) is 11.8 Å². The van der Waals surface area contributed by atoms with Gasteiger partial charge in [0.1, 0.15) is 11.6 Å². The lowest BCUT2D eigenvalue weighted by molar-refractivity contribution is -0.0300. The highest BCUT2D eigenvalue weighted by Gasteiger charge is 2.71. The Kier molecular flexibility index (Phi) is 3.72. The fourth-order valence-electron chi connectivity index (χ4n) is 3.94. The van der Waals surface area contributed by atoms with Gasteiger partial charge < -0.3 is 25.6 Å². The van der Waals surface area contributed by atoms with Crippen molar-refractivity contribution in [1.29, 1.82) is 0 Å². The van der Waals surface area contributed by atoms with Crippen molar-refractivity contribution in [2.45, 2.75) is 43.2 Å². The Morgan fingerprint density at radius 2 is 2.21 bits per heavy atom. The van der Waals surface area contributed by atoms with Crippen LogP contribution in [0.5, 0.6) is 0 Å². The molecule has 2 aliphatic carbocycles. The number of anilines is 1. The van der Waals surface area contributed by atoms with Gasteiger partial charge in [-0.25, -0.2) is 15.0 Å². The predicted octanol–water partition coefficient (Wildman–Crippen LogP) is 0.186. The summed E-state index contributed by atoms with van der Waals surface area (Å²) in [4.78, 5) is 13.1. The average Bonchev–Trinajstić information content (AvgIpc) is 3.09. The highest BCUT2D eigenvalue weighted by Crippen LogP contribution is 2.67. The maximum absolute atomic E-state index is 10.5. The van der Waals surface area contributed by atoms with Gasteiger partial charge in [0.05, 0.1) is 25.1 Å². The van der Waals surface area contributed by atoms with Crippen molar-refractivity contribution in [2.24, 2.45) is 11.3 Å². The number of nitrogen functional groups attached to an aromatic ring is 1. The van der Waals surface area contributed by atoms with Crippen molar-refractivity contribution in [2.75, 3.05) is 18.1 Å². The van der Waals surface area contributed by atoms with Crippen LogP contribution in [0.25, 0.3) is 11.2 Å². The van der Waals surface area contributed by atoms with Crippen LogP contribution in [0.1, 0.15) is 25.8 Å². The third-order valence-electron chi connectivity index (χ3n) is 5.33. The Morgan fingerprint density at radius 3 is 2.88 bits per heavy atom. The van der Waals surface area contributed by atoms with E-state index >= 15 is 0 Å². The Hall–Kier alpha value is -1.42. The van der Waals surface area contributed by atoms with Crippen LogP contribution in [0.4, 0.5) is 5.82 Å². The number of hydrogen-bond donors (Lipinski definition) is 4. The Balaban J connectivity index is 1.76. The van der Waals surface area contributed by atoms with E-state index in [9.17, 15) is 15.3 Å². The van der Waals surface area contributed by atoms with Crippen LogP contribution in [0.2, 0.25) is 0 Å². The summed E-state index contributed by atoms with van der Waals surface area (Å²) in [5, 5.41) is 31.0. The fourth-order valence-corrected chi connectivity index (χ4v) is 4.64. The van der Waals surface area contributed by atoms with Crippen LogP contribution in [-0.2, 0) is 0 Å². The lowest BCUT2D eigenvalue weighted by Crippen LogP contribution is -2.35. The van der Waals surface area contributed by atoms with E-state index in [0.29, 0.717) is 28.6 Å². The summed E-state index contributed by atoms with van der Waals surface area (Å²) in [5.41, 5.74) is 6.48. The summed E-state index contributed by atoms with van der Waals surface area (Å²) in [6.45, 7) is 1.95. The van der Waals surface area contributed by atoms with Crippen molar-refractivity contribution < 1.29 is 15.3 Å². The van der Waals surface area contributed by atoms with Gasteiger partial charge in [-0.05, 0) is 18.8 Å². The van der Waals surface area contributed by atoms with E-state index in [1.807, 2.05) is 0 Å². The minimum Gasteiger partial charge on any atom is -0.396 e. The average molecular weight is 351 g/mol. The first-order chi connectivity index (χ1) is 11.5. The number of fused-ring (bicyclic) bond motifs is 2. The summed E-state index contributed by atoms with van der Waals surface area (Å²) >= 11 is 1.53. The van der Waals surface area contributed by atoms with Gasteiger partial charge in [0.15, 0.2) is 16.6 Å². The molecule has 2 aromatic rings. The van der Waals surface area contributed by atoms with Gasteiger partial charge in [0.2, 0.25) is 0 Å². The third-order valence-corrected chi connectivity index (χ3v) is 6.38. The molecule has 2 saturated carbocycles. The molecule has 8 nitrogen and oxygen atoms in total. The number of nitrogens with zero attached hydrogens (tertiary/aromatic N) is 4. The molecule has 0 bridgehead atoms. The third kappa shape index (κ3) is 2.08. The van der Waals surface area contributed by atoms with Crippen LogP contribution < -0.4 is 5.73 Å². The molecule has 2 heterocycles. The molecule has 2 fully saturated rings.